The van der Waals surface area contributed by atoms with Crippen molar-refractivity contribution in [1.82, 2.24) is 9.55 Å². The fourth-order valence-corrected chi connectivity index (χ4v) is 5.06. The maximum atomic E-state index is 12.6. The van der Waals surface area contributed by atoms with Crippen molar-refractivity contribution in [3.05, 3.63) is 134 Å². The highest BCUT2D eigenvalue weighted by Gasteiger charge is 2.41. The van der Waals surface area contributed by atoms with Crippen LogP contribution in [0.3, 0.4) is 0 Å². The van der Waals surface area contributed by atoms with Gasteiger partial charge in [0.2, 0.25) is 0 Å². The Bertz CT molecular complexity index is 1540. The predicted molar refractivity (Wildman–Crippen MR) is 151 cm³/mol. The van der Waals surface area contributed by atoms with Crippen LogP contribution in [0.4, 0.5) is 0 Å². The molecule has 0 bridgehead atoms. The van der Waals surface area contributed by atoms with E-state index in [0.29, 0.717) is 17.7 Å². The number of methoxy groups -OCH3 is 1. The third-order valence-electron chi connectivity index (χ3n) is 7.05. The second kappa shape index (κ2) is 11.7. The van der Waals surface area contributed by atoms with E-state index in [1.54, 1.807) is 14.0 Å². The molecular weight excluding hydrogens is 510 g/mol. The zero-order chi connectivity index (χ0) is 28.1. The van der Waals surface area contributed by atoms with Gasteiger partial charge < -0.3 is 19.0 Å². The average molecular weight is 542 g/mol. The molecule has 2 atom stereocenters. The lowest BCUT2D eigenvalue weighted by atomic mass is 9.80. The summed E-state index contributed by atoms with van der Waals surface area (Å²) in [7, 11) is 3.09. The van der Waals surface area contributed by atoms with Gasteiger partial charge >= 0.3 is 5.69 Å². The third-order valence-corrected chi connectivity index (χ3v) is 7.05. The summed E-state index contributed by atoms with van der Waals surface area (Å²) >= 11 is 0. The minimum atomic E-state index is -1.00. The highest BCUT2D eigenvalue weighted by Crippen LogP contribution is 2.42. The molecule has 0 aliphatic carbocycles. The minimum absolute atomic E-state index is 0.103. The predicted octanol–water partition coefficient (Wildman–Crippen LogP) is 4.15. The van der Waals surface area contributed by atoms with Crippen LogP contribution in [-0.4, -0.2) is 42.2 Å². The van der Waals surface area contributed by atoms with Crippen LogP contribution in [0, 0.1) is 6.92 Å². The molecule has 9 heteroatoms. The van der Waals surface area contributed by atoms with Gasteiger partial charge in [0.1, 0.15) is 30.8 Å². The van der Waals surface area contributed by atoms with Crippen molar-refractivity contribution >= 4 is 5.71 Å². The van der Waals surface area contributed by atoms with Crippen LogP contribution in [0.1, 0.15) is 34.9 Å². The molecule has 0 spiro atoms. The van der Waals surface area contributed by atoms with Crippen molar-refractivity contribution in [3.63, 3.8) is 0 Å². The summed E-state index contributed by atoms with van der Waals surface area (Å²) < 4.78 is 20.0. The maximum Gasteiger partial charge on any atom is 0.330 e. The Balaban J connectivity index is 1.56. The molecule has 0 saturated carbocycles. The number of H-pyrrole nitrogens is 1. The Kier molecular flexibility index (Phi) is 7.95. The van der Waals surface area contributed by atoms with Crippen LogP contribution in [0.2, 0.25) is 0 Å². The van der Waals surface area contributed by atoms with Crippen LogP contribution in [0.5, 0.6) is 5.75 Å². The Morgan fingerprint density at radius 3 is 2.10 bits per heavy atom. The van der Waals surface area contributed by atoms with Crippen molar-refractivity contribution in [2.45, 2.75) is 31.3 Å². The van der Waals surface area contributed by atoms with Gasteiger partial charge in [-0.05, 0) is 35.7 Å². The zero-order valence-electron chi connectivity index (χ0n) is 22.6. The van der Waals surface area contributed by atoms with E-state index in [4.69, 9.17) is 19.0 Å². The van der Waals surface area contributed by atoms with Crippen LogP contribution in [0.15, 0.2) is 106 Å². The fraction of sp³-hybridized carbons (Fsp3) is 0.258. The molecular formula is C31H31N3O6. The number of aromatic nitrogens is 2. The molecule has 1 aromatic heterocycles. The average Bonchev–Trinajstić information content (AvgIpc) is 3.39. The van der Waals surface area contributed by atoms with E-state index in [1.807, 2.05) is 84.9 Å². The second-order valence-corrected chi connectivity index (χ2v) is 9.48. The molecule has 1 saturated heterocycles. The van der Waals surface area contributed by atoms with Crippen molar-refractivity contribution in [2.24, 2.45) is 5.16 Å². The monoisotopic (exact) mass is 541 g/mol. The SMILES string of the molecule is CO/N=C1\C[C@H](n2cc(C)c(=O)[nH]c2=O)O[C@@H]1COC(c1ccccc1)(c1ccccc1)c1ccc(OC)cc1. The molecule has 1 aliphatic heterocycles. The van der Waals surface area contributed by atoms with Crippen molar-refractivity contribution in [1.29, 1.82) is 0 Å². The molecule has 0 amide bonds. The van der Waals surface area contributed by atoms with Gasteiger partial charge in [0.25, 0.3) is 5.56 Å². The Labute approximate surface area is 231 Å². The molecule has 206 valence electrons. The highest BCUT2D eigenvalue weighted by molar-refractivity contribution is 5.90. The van der Waals surface area contributed by atoms with E-state index in [-0.39, 0.29) is 6.61 Å². The number of benzene rings is 3. The summed E-state index contributed by atoms with van der Waals surface area (Å²) in [5, 5.41) is 4.20. The number of aromatic amines is 1. The molecule has 9 nitrogen and oxygen atoms in total. The van der Waals surface area contributed by atoms with Gasteiger partial charge in [0.05, 0.1) is 19.4 Å². The summed E-state index contributed by atoms with van der Waals surface area (Å²) in [5.41, 5.74) is 1.77. The number of hydrogen-bond acceptors (Lipinski definition) is 7. The lowest BCUT2D eigenvalue weighted by molar-refractivity contribution is -0.0678. The van der Waals surface area contributed by atoms with Gasteiger partial charge in [-0.3, -0.25) is 14.3 Å². The van der Waals surface area contributed by atoms with Crippen LogP contribution >= 0.6 is 0 Å². The van der Waals surface area contributed by atoms with Crippen LogP contribution in [-0.2, 0) is 19.9 Å². The molecule has 40 heavy (non-hydrogen) atoms. The zero-order valence-corrected chi connectivity index (χ0v) is 22.6. The first-order chi connectivity index (χ1) is 19.5. The van der Waals surface area contributed by atoms with Gasteiger partial charge in [0.15, 0.2) is 0 Å². The summed E-state index contributed by atoms with van der Waals surface area (Å²) in [6.45, 7) is 1.74. The van der Waals surface area contributed by atoms with Crippen molar-refractivity contribution < 1.29 is 19.0 Å². The van der Waals surface area contributed by atoms with Gasteiger partial charge in [-0.15, -0.1) is 0 Å². The van der Waals surface area contributed by atoms with E-state index in [2.05, 4.69) is 10.1 Å². The number of ether oxygens (including phenoxy) is 3. The topological polar surface area (TPSA) is 104 Å². The standard InChI is InChI=1S/C31H31N3O6/c1-21-19-34(30(36)32-29(21)35)28-18-26(33-38-3)27(40-28)20-39-31(22-10-6-4-7-11-22,23-12-8-5-9-13-23)24-14-16-25(37-2)17-15-24/h4-17,19,27-28H,18,20H2,1-3H3,(H,32,35,36)/b33-26+/t27-,28-/m1/s1. The van der Waals surface area contributed by atoms with E-state index in [0.717, 1.165) is 22.4 Å². The van der Waals surface area contributed by atoms with E-state index >= 15 is 0 Å². The number of hydrogen-bond donors (Lipinski definition) is 1. The normalized spacial score (nSPS) is 18.1. The molecule has 1 N–H and O–H groups in total. The Hall–Kier alpha value is -4.47. The molecule has 1 aliphatic rings. The number of aryl methyl sites for hydroxylation is 1. The summed E-state index contributed by atoms with van der Waals surface area (Å²) in [4.78, 5) is 32.0. The van der Waals surface area contributed by atoms with E-state index in [9.17, 15) is 9.59 Å². The summed E-state index contributed by atoms with van der Waals surface area (Å²) in [6, 6.07) is 27.7. The smallest absolute Gasteiger partial charge is 0.330 e. The molecule has 0 unspecified atom stereocenters. The summed E-state index contributed by atoms with van der Waals surface area (Å²) in [6.07, 6.45) is 0.484. The quantitative estimate of drug-likeness (QED) is 0.252. The van der Waals surface area contributed by atoms with Gasteiger partial charge in [-0.1, -0.05) is 78.0 Å². The molecule has 5 rings (SSSR count). The van der Waals surface area contributed by atoms with Crippen molar-refractivity contribution in [3.8, 4) is 5.75 Å². The largest absolute Gasteiger partial charge is 0.497 e. The maximum absolute atomic E-state index is 12.6. The summed E-state index contributed by atoms with van der Waals surface area (Å²) in [5.74, 6) is 0.733. The lowest BCUT2D eigenvalue weighted by Gasteiger charge is -2.36. The highest BCUT2D eigenvalue weighted by atomic mass is 16.6. The number of rotatable bonds is 9. The van der Waals surface area contributed by atoms with E-state index < -0.39 is 29.2 Å². The minimum Gasteiger partial charge on any atom is -0.497 e. The first-order valence-corrected chi connectivity index (χ1v) is 12.9. The molecule has 1 fully saturated rings. The van der Waals surface area contributed by atoms with Crippen molar-refractivity contribution in [2.75, 3.05) is 20.8 Å². The Morgan fingerprint density at radius 1 is 0.925 bits per heavy atom. The number of oxime groups is 1. The van der Waals surface area contributed by atoms with E-state index in [1.165, 1.54) is 17.9 Å². The number of nitrogens with zero attached hydrogens (tertiary/aromatic N) is 2. The first-order valence-electron chi connectivity index (χ1n) is 12.9. The molecule has 0 radical (unpaired) electrons. The van der Waals surface area contributed by atoms with Crippen LogP contribution in [0.25, 0.3) is 0 Å². The molecule has 2 heterocycles. The number of nitrogens with one attached hydrogen (secondary N) is 1. The van der Waals surface area contributed by atoms with Gasteiger partial charge in [-0.25, -0.2) is 4.79 Å². The van der Waals surface area contributed by atoms with Crippen LogP contribution < -0.4 is 16.0 Å². The molecule has 4 aromatic rings. The van der Waals surface area contributed by atoms with Gasteiger partial charge in [0, 0.05) is 18.2 Å². The lowest BCUT2D eigenvalue weighted by Crippen LogP contribution is -2.37. The Morgan fingerprint density at radius 2 is 1.52 bits per heavy atom. The fourth-order valence-electron chi connectivity index (χ4n) is 5.06. The molecule has 3 aromatic carbocycles. The van der Waals surface area contributed by atoms with Gasteiger partial charge in [-0.2, -0.15) is 0 Å². The first kappa shape index (κ1) is 27.1. The third kappa shape index (κ3) is 5.21. The second-order valence-electron chi connectivity index (χ2n) is 9.48.